The van der Waals surface area contributed by atoms with Crippen LogP contribution in [0.3, 0.4) is 0 Å². The maximum atomic E-state index is 12.8. The summed E-state index contributed by atoms with van der Waals surface area (Å²) in [6.45, 7) is 4.59. The number of rotatable bonds is 9. The van der Waals surface area contributed by atoms with E-state index in [0.717, 1.165) is 39.9 Å². The van der Waals surface area contributed by atoms with Gasteiger partial charge >= 0.3 is 5.97 Å². The van der Waals surface area contributed by atoms with Gasteiger partial charge in [-0.1, -0.05) is 62.8 Å². The molecule has 0 radical (unpaired) electrons. The number of benzene rings is 1. The van der Waals surface area contributed by atoms with Gasteiger partial charge in [-0.05, 0) is 42.5 Å². The van der Waals surface area contributed by atoms with Crippen LogP contribution in [0.25, 0.3) is 21.5 Å². The van der Waals surface area contributed by atoms with E-state index in [2.05, 4.69) is 6.92 Å². The number of esters is 1. The predicted octanol–water partition coefficient (Wildman–Crippen LogP) is 7.44. The van der Waals surface area contributed by atoms with Gasteiger partial charge < -0.3 is 4.74 Å². The highest BCUT2D eigenvalue weighted by atomic mass is 35.5. The molecule has 0 unspecified atom stereocenters. The third-order valence-electron chi connectivity index (χ3n) is 4.89. The van der Waals surface area contributed by atoms with Gasteiger partial charge in [-0.15, -0.1) is 11.3 Å². The molecule has 2 aromatic heterocycles. The second-order valence-corrected chi connectivity index (χ2v) is 8.36. The standard InChI is InChI=1S/C23H26ClNO2S/c1-3-4-5-6-7-8-13-27-23(26)18-15-20(21-10-9-14-28-21)25-22-16(2)19(24)12-11-17(18)22/h9-12,14-15H,3-8,13H2,1-2H3. The lowest BCUT2D eigenvalue weighted by atomic mass is 10.0. The van der Waals surface area contributed by atoms with Gasteiger partial charge in [-0.25, -0.2) is 9.78 Å². The number of aromatic nitrogens is 1. The van der Waals surface area contributed by atoms with Crippen LogP contribution in [0, 0.1) is 6.92 Å². The minimum Gasteiger partial charge on any atom is -0.462 e. The largest absolute Gasteiger partial charge is 0.462 e. The lowest BCUT2D eigenvalue weighted by Gasteiger charge is -2.12. The summed E-state index contributed by atoms with van der Waals surface area (Å²) in [6.07, 6.45) is 6.96. The number of halogens is 1. The summed E-state index contributed by atoms with van der Waals surface area (Å²) < 4.78 is 5.59. The molecule has 2 heterocycles. The molecular weight excluding hydrogens is 390 g/mol. The molecule has 28 heavy (non-hydrogen) atoms. The van der Waals surface area contributed by atoms with E-state index in [1.807, 2.05) is 42.6 Å². The molecule has 0 aliphatic carbocycles. The first-order valence-electron chi connectivity index (χ1n) is 9.92. The van der Waals surface area contributed by atoms with E-state index in [0.29, 0.717) is 17.2 Å². The SMILES string of the molecule is CCCCCCCCOC(=O)c1cc(-c2cccs2)nc2c(C)c(Cl)ccc12. The van der Waals surface area contributed by atoms with Crippen molar-refractivity contribution < 1.29 is 9.53 Å². The first-order valence-corrected chi connectivity index (χ1v) is 11.2. The number of carbonyl (C=O) groups excluding carboxylic acids is 1. The number of nitrogens with zero attached hydrogens (tertiary/aromatic N) is 1. The van der Waals surface area contributed by atoms with Crippen LogP contribution in [0.2, 0.25) is 5.02 Å². The van der Waals surface area contributed by atoms with Gasteiger partial charge in [0, 0.05) is 10.4 Å². The van der Waals surface area contributed by atoms with Crippen LogP contribution in [0.1, 0.15) is 61.4 Å². The third kappa shape index (κ3) is 4.92. The van der Waals surface area contributed by atoms with Gasteiger partial charge in [0.15, 0.2) is 0 Å². The molecule has 0 aliphatic rings. The normalized spacial score (nSPS) is 11.1. The molecule has 0 amide bonds. The molecule has 0 bridgehead atoms. The van der Waals surface area contributed by atoms with Crippen molar-refractivity contribution in [2.45, 2.75) is 52.4 Å². The smallest absolute Gasteiger partial charge is 0.338 e. The van der Waals surface area contributed by atoms with Crippen LogP contribution in [0.4, 0.5) is 0 Å². The second-order valence-electron chi connectivity index (χ2n) is 7.00. The Morgan fingerprint density at radius 3 is 2.68 bits per heavy atom. The average Bonchev–Trinajstić information content (AvgIpc) is 3.24. The molecule has 3 nitrogen and oxygen atoms in total. The highest BCUT2D eigenvalue weighted by Gasteiger charge is 2.17. The van der Waals surface area contributed by atoms with Crippen molar-refractivity contribution in [1.29, 1.82) is 0 Å². The van der Waals surface area contributed by atoms with E-state index >= 15 is 0 Å². The summed E-state index contributed by atoms with van der Waals surface area (Å²) in [5.41, 5.74) is 2.96. The molecule has 0 saturated heterocycles. The topological polar surface area (TPSA) is 39.2 Å². The Bertz CT molecular complexity index is 937. The van der Waals surface area contributed by atoms with Gasteiger partial charge in [0.05, 0.1) is 28.3 Å². The van der Waals surface area contributed by atoms with Crippen LogP contribution in [0.15, 0.2) is 35.7 Å². The van der Waals surface area contributed by atoms with Crippen LogP contribution < -0.4 is 0 Å². The quantitative estimate of drug-likeness (QED) is 0.269. The molecule has 0 aliphatic heterocycles. The Morgan fingerprint density at radius 1 is 1.14 bits per heavy atom. The third-order valence-corrected chi connectivity index (χ3v) is 6.19. The van der Waals surface area contributed by atoms with Crippen LogP contribution in [0.5, 0.6) is 0 Å². The Hall–Kier alpha value is -1.91. The second kappa shape index (κ2) is 10.0. The summed E-state index contributed by atoms with van der Waals surface area (Å²) in [4.78, 5) is 18.6. The molecule has 3 rings (SSSR count). The van der Waals surface area contributed by atoms with Crippen LogP contribution in [-0.2, 0) is 4.74 Å². The van der Waals surface area contributed by atoms with E-state index in [1.165, 1.54) is 25.7 Å². The number of hydrogen-bond acceptors (Lipinski definition) is 4. The molecular formula is C23H26ClNO2S. The number of ether oxygens (including phenoxy) is 1. The molecule has 0 atom stereocenters. The molecule has 3 aromatic rings. The van der Waals surface area contributed by atoms with E-state index in [4.69, 9.17) is 21.3 Å². The molecule has 5 heteroatoms. The van der Waals surface area contributed by atoms with Gasteiger partial charge in [0.25, 0.3) is 0 Å². The zero-order valence-electron chi connectivity index (χ0n) is 16.5. The van der Waals surface area contributed by atoms with E-state index in [-0.39, 0.29) is 5.97 Å². The number of aryl methyl sites for hydroxylation is 1. The summed E-state index contributed by atoms with van der Waals surface area (Å²) in [5.74, 6) is -0.291. The molecule has 0 spiro atoms. The van der Waals surface area contributed by atoms with Gasteiger partial charge in [-0.2, -0.15) is 0 Å². The number of fused-ring (bicyclic) bond motifs is 1. The maximum absolute atomic E-state index is 12.8. The van der Waals surface area contributed by atoms with Crippen molar-refractivity contribution in [2.24, 2.45) is 0 Å². The number of hydrogen-bond donors (Lipinski definition) is 0. The minimum atomic E-state index is -0.291. The maximum Gasteiger partial charge on any atom is 0.338 e. The lowest BCUT2D eigenvalue weighted by Crippen LogP contribution is -2.08. The molecule has 0 N–H and O–H groups in total. The lowest BCUT2D eigenvalue weighted by molar-refractivity contribution is 0.0500. The highest BCUT2D eigenvalue weighted by Crippen LogP contribution is 2.32. The summed E-state index contributed by atoms with van der Waals surface area (Å²) in [7, 11) is 0. The Balaban J connectivity index is 1.81. The first-order chi connectivity index (χ1) is 13.6. The highest BCUT2D eigenvalue weighted by molar-refractivity contribution is 7.13. The number of carbonyl (C=O) groups is 1. The summed E-state index contributed by atoms with van der Waals surface area (Å²) in [6, 6.07) is 9.50. The molecule has 148 valence electrons. The van der Waals surface area contributed by atoms with E-state index in [9.17, 15) is 4.79 Å². The zero-order valence-corrected chi connectivity index (χ0v) is 18.0. The van der Waals surface area contributed by atoms with Crippen LogP contribution >= 0.6 is 22.9 Å². The number of unbranched alkanes of at least 4 members (excludes halogenated alkanes) is 5. The fourth-order valence-corrected chi connectivity index (χ4v) is 4.09. The Labute approximate surface area is 175 Å². The van der Waals surface area contributed by atoms with Crippen molar-refractivity contribution in [3.63, 3.8) is 0 Å². The van der Waals surface area contributed by atoms with E-state index in [1.54, 1.807) is 11.3 Å². The Kier molecular flexibility index (Phi) is 7.46. The van der Waals surface area contributed by atoms with Crippen LogP contribution in [-0.4, -0.2) is 17.6 Å². The minimum absolute atomic E-state index is 0.291. The van der Waals surface area contributed by atoms with Gasteiger partial charge in [0.2, 0.25) is 0 Å². The van der Waals surface area contributed by atoms with Crippen molar-refractivity contribution in [3.8, 4) is 10.6 Å². The van der Waals surface area contributed by atoms with Gasteiger partial charge in [-0.3, -0.25) is 0 Å². The van der Waals surface area contributed by atoms with Crippen molar-refractivity contribution in [1.82, 2.24) is 4.98 Å². The van der Waals surface area contributed by atoms with Gasteiger partial charge in [0.1, 0.15) is 0 Å². The van der Waals surface area contributed by atoms with E-state index < -0.39 is 0 Å². The number of pyridine rings is 1. The zero-order chi connectivity index (χ0) is 19.9. The molecule has 1 aromatic carbocycles. The summed E-state index contributed by atoms with van der Waals surface area (Å²) in [5, 5.41) is 3.44. The van der Waals surface area contributed by atoms with Crippen molar-refractivity contribution >= 4 is 39.8 Å². The van der Waals surface area contributed by atoms with Crippen molar-refractivity contribution in [2.75, 3.05) is 6.61 Å². The fraction of sp³-hybridized carbons (Fsp3) is 0.391. The fourth-order valence-electron chi connectivity index (χ4n) is 3.25. The Morgan fingerprint density at radius 2 is 1.93 bits per heavy atom. The average molecular weight is 416 g/mol. The first kappa shape index (κ1) is 20.8. The van der Waals surface area contributed by atoms with Crippen molar-refractivity contribution in [3.05, 3.63) is 51.9 Å². The number of thiophene rings is 1. The predicted molar refractivity (Wildman–Crippen MR) is 118 cm³/mol. The summed E-state index contributed by atoms with van der Waals surface area (Å²) >= 11 is 7.90. The monoisotopic (exact) mass is 415 g/mol. The molecule has 0 saturated carbocycles. The molecule has 0 fully saturated rings.